The number of alkyl halides is 1. The van der Waals surface area contributed by atoms with Crippen LogP contribution in [-0.2, 0) is 14.4 Å². The molecular formula is C15H22ClNO3. The lowest BCUT2D eigenvalue weighted by Crippen LogP contribution is -2.40. The van der Waals surface area contributed by atoms with Gasteiger partial charge in [-0.2, -0.15) is 0 Å². The second-order valence-electron chi connectivity index (χ2n) is 5.09. The van der Waals surface area contributed by atoms with Crippen LogP contribution in [0, 0.1) is 5.92 Å². The number of Topliss-reactive ketones (excluding diaryl/α,β-unsaturated/α-hetero) is 1. The predicted molar refractivity (Wildman–Crippen MR) is 78.4 cm³/mol. The fourth-order valence-corrected chi connectivity index (χ4v) is 2.40. The zero-order valence-electron chi connectivity index (χ0n) is 12.1. The number of unbranched alkanes of at least 4 members (excludes halogenated alkanes) is 2. The third-order valence-corrected chi connectivity index (χ3v) is 3.94. The van der Waals surface area contributed by atoms with Crippen LogP contribution in [0.5, 0.6) is 0 Å². The summed E-state index contributed by atoms with van der Waals surface area (Å²) in [6.45, 7) is 3.86. The summed E-state index contributed by atoms with van der Waals surface area (Å²) < 4.78 is 0. The number of carbonyl (C=O) groups excluding carboxylic acids is 3. The molecule has 0 N–H and O–H groups in total. The lowest BCUT2D eigenvalue weighted by atomic mass is 9.99. The first-order chi connectivity index (χ1) is 9.49. The molecule has 4 nitrogen and oxygen atoms in total. The molecule has 0 aliphatic carbocycles. The van der Waals surface area contributed by atoms with Crippen LogP contribution in [0.4, 0.5) is 0 Å². The van der Waals surface area contributed by atoms with Crippen molar-refractivity contribution >= 4 is 29.2 Å². The van der Waals surface area contributed by atoms with Crippen molar-refractivity contribution in [1.29, 1.82) is 0 Å². The lowest BCUT2D eigenvalue weighted by molar-refractivity contribution is -0.146. The SMILES string of the molecule is C/C=C/CCCCC(=O)C(C)C(=O)N1CCC(Cl)C1=O. The maximum atomic E-state index is 12.1. The first kappa shape index (κ1) is 16.9. The van der Waals surface area contributed by atoms with Crippen LogP contribution >= 0.6 is 11.6 Å². The summed E-state index contributed by atoms with van der Waals surface area (Å²) in [5.41, 5.74) is 0. The number of amides is 2. The van der Waals surface area contributed by atoms with Crippen molar-refractivity contribution < 1.29 is 14.4 Å². The van der Waals surface area contributed by atoms with Gasteiger partial charge in [0, 0.05) is 13.0 Å². The Kier molecular flexibility index (Phi) is 6.93. The van der Waals surface area contributed by atoms with E-state index in [0.717, 1.165) is 24.2 Å². The van der Waals surface area contributed by atoms with Gasteiger partial charge in [0.25, 0.3) is 0 Å². The molecule has 2 amide bonds. The molecule has 0 radical (unpaired) electrons. The van der Waals surface area contributed by atoms with E-state index < -0.39 is 17.2 Å². The van der Waals surface area contributed by atoms with Crippen LogP contribution < -0.4 is 0 Å². The van der Waals surface area contributed by atoms with Gasteiger partial charge in [-0.15, -0.1) is 11.6 Å². The highest BCUT2D eigenvalue weighted by Gasteiger charge is 2.37. The Morgan fingerprint density at radius 2 is 2.15 bits per heavy atom. The van der Waals surface area contributed by atoms with Gasteiger partial charge in [-0.1, -0.05) is 12.2 Å². The third kappa shape index (κ3) is 4.44. The highest BCUT2D eigenvalue weighted by molar-refractivity contribution is 6.32. The van der Waals surface area contributed by atoms with Crippen molar-refractivity contribution in [3.8, 4) is 0 Å². The maximum absolute atomic E-state index is 12.1. The van der Waals surface area contributed by atoms with E-state index >= 15 is 0 Å². The van der Waals surface area contributed by atoms with Gasteiger partial charge in [0.1, 0.15) is 11.2 Å². The number of hydrogen-bond donors (Lipinski definition) is 0. The van der Waals surface area contributed by atoms with Gasteiger partial charge in [0.2, 0.25) is 11.8 Å². The zero-order chi connectivity index (χ0) is 15.1. The molecule has 0 aromatic heterocycles. The van der Waals surface area contributed by atoms with E-state index in [0.29, 0.717) is 19.4 Å². The number of imide groups is 1. The third-order valence-electron chi connectivity index (χ3n) is 3.54. The minimum absolute atomic E-state index is 0.0960. The molecule has 112 valence electrons. The molecule has 0 spiro atoms. The van der Waals surface area contributed by atoms with E-state index in [2.05, 4.69) is 6.08 Å². The Bertz CT molecular complexity index is 406. The normalized spacial score (nSPS) is 20.6. The quantitative estimate of drug-likeness (QED) is 0.314. The van der Waals surface area contributed by atoms with Gasteiger partial charge < -0.3 is 0 Å². The van der Waals surface area contributed by atoms with Gasteiger partial charge in [-0.25, -0.2) is 0 Å². The summed E-state index contributed by atoms with van der Waals surface area (Å²) in [6, 6.07) is 0. The van der Waals surface area contributed by atoms with Gasteiger partial charge in [0.05, 0.1) is 5.92 Å². The fraction of sp³-hybridized carbons (Fsp3) is 0.667. The molecule has 2 atom stereocenters. The Hall–Kier alpha value is -1.16. The monoisotopic (exact) mass is 299 g/mol. The molecule has 1 aliphatic heterocycles. The number of nitrogens with zero attached hydrogens (tertiary/aromatic N) is 1. The van der Waals surface area contributed by atoms with Crippen LogP contribution in [0.1, 0.15) is 46.0 Å². The van der Waals surface area contributed by atoms with E-state index in [1.807, 2.05) is 13.0 Å². The average molecular weight is 300 g/mol. The van der Waals surface area contributed by atoms with Crippen molar-refractivity contribution in [2.75, 3.05) is 6.54 Å². The fourth-order valence-electron chi connectivity index (χ4n) is 2.18. The predicted octanol–water partition coefficient (Wildman–Crippen LogP) is 2.69. The van der Waals surface area contributed by atoms with Crippen LogP contribution in [0.2, 0.25) is 0 Å². The van der Waals surface area contributed by atoms with Crippen molar-refractivity contribution in [3.63, 3.8) is 0 Å². The topological polar surface area (TPSA) is 54.5 Å². The van der Waals surface area contributed by atoms with Crippen molar-refractivity contribution in [3.05, 3.63) is 12.2 Å². The van der Waals surface area contributed by atoms with Crippen LogP contribution in [0.3, 0.4) is 0 Å². The summed E-state index contributed by atoms with van der Waals surface area (Å²) in [6.07, 6.45) is 7.55. The number of likely N-dealkylation sites (tertiary alicyclic amines) is 1. The summed E-state index contributed by atoms with van der Waals surface area (Å²) in [5, 5.41) is -0.623. The summed E-state index contributed by atoms with van der Waals surface area (Å²) in [4.78, 5) is 36.8. The summed E-state index contributed by atoms with van der Waals surface area (Å²) >= 11 is 5.78. The highest BCUT2D eigenvalue weighted by Crippen LogP contribution is 2.20. The molecule has 2 unspecified atom stereocenters. The van der Waals surface area contributed by atoms with E-state index in [-0.39, 0.29) is 11.7 Å². The zero-order valence-corrected chi connectivity index (χ0v) is 12.9. The van der Waals surface area contributed by atoms with Gasteiger partial charge in [-0.05, 0) is 39.5 Å². The smallest absolute Gasteiger partial charge is 0.247 e. The van der Waals surface area contributed by atoms with Crippen LogP contribution in [0.25, 0.3) is 0 Å². The largest absolute Gasteiger partial charge is 0.299 e. The Balaban J connectivity index is 2.40. The number of allylic oxidation sites excluding steroid dienone is 2. The minimum atomic E-state index is -0.748. The van der Waals surface area contributed by atoms with E-state index in [9.17, 15) is 14.4 Å². The number of ketones is 1. The molecule has 1 heterocycles. The number of carbonyl (C=O) groups is 3. The van der Waals surface area contributed by atoms with Crippen molar-refractivity contribution in [2.45, 2.75) is 51.3 Å². The van der Waals surface area contributed by atoms with Gasteiger partial charge in [0.15, 0.2) is 0 Å². The molecular weight excluding hydrogens is 278 g/mol. The average Bonchev–Trinajstić information content (AvgIpc) is 2.77. The molecule has 1 aliphatic rings. The van der Waals surface area contributed by atoms with Gasteiger partial charge in [-0.3, -0.25) is 19.3 Å². The Morgan fingerprint density at radius 3 is 2.70 bits per heavy atom. The highest BCUT2D eigenvalue weighted by atomic mass is 35.5. The molecule has 0 bridgehead atoms. The molecule has 0 saturated carbocycles. The first-order valence-corrected chi connectivity index (χ1v) is 7.55. The molecule has 5 heteroatoms. The lowest BCUT2D eigenvalue weighted by Gasteiger charge is -2.18. The Labute approximate surface area is 125 Å². The second-order valence-corrected chi connectivity index (χ2v) is 5.61. The number of halogens is 1. The molecule has 0 aromatic rings. The first-order valence-electron chi connectivity index (χ1n) is 7.12. The van der Waals surface area contributed by atoms with Crippen molar-refractivity contribution in [2.24, 2.45) is 5.92 Å². The summed E-state index contributed by atoms with van der Waals surface area (Å²) in [7, 11) is 0. The molecule has 1 saturated heterocycles. The molecule has 1 fully saturated rings. The second kappa shape index (κ2) is 8.20. The Morgan fingerprint density at radius 1 is 1.45 bits per heavy atom. The minimum Gasteiger partial charge on any atom is -0.299 e. The molecule has 1 rings (SSSR count). The number of rotatable bonds is 7. The van der Waals surface area contributed by atoms with Gasteiger partial charge >= 0.3 is 0 Å². The van der Waals surface area contributed by atoms with Crippen LogP contribution in [0.15, 0.2) is 12.2 Å². The van der Waals surface area contributed by atoms with E-state index in [1.54, 1.807) is 6.92 Å². The van der Waals surface area contributed by atoms with Crippen molar-refractivity contribution in [1.82, 2.24) is 4.90 Å². The molecule has 0 aromatic carbocycles. The maximum Gasteiger partial charge on any atom is 0.247 e. The van der Waals surface area contributed by atoms with E-state index in [1.165, 1.54) is 0 Å². The van der Waals surface area contributed by atoms with Crippen LogP contribution in [-0.4, -0.2) is 34.4 Å². The standard InChI is InChI=1S/C15H22ClNO3/c1-3-4-5-6-7-8-13(18)11(2)14(19)17-10-9-12(16)15(17)20/h3-4,11-12H,5-10H2,1-2H3/b4-3+. The number of hydrogen-bond acceptors (Lipinski definition) is 3. The molecule has 20 heavy (non-hydrogen) atoms. The van der Waals surface area contributed by atoms with E-state index in [4.69, 9.17) is 11.6 Å². The summed E-state index contributed by atoms with van der Waals surface area (Å²) in [5.74, 6) is -1.62.